The molecule has 0 amide bonds. The van der Waals surface area contributed by atoms with Crippen LogP contribution in [-0.2, 0) is 13.0 Å². The summed E-state index contributed by atoms with van der Waals surface area (Å²) in [5.41, 5.74) is 4.08. The number of benzene rings is 2. The number of piperidine rings is 1. The van der Waals surface area contributed by atoms with Crippen LogP contribution in [0.1, 0.15) is 37.4 Å². The number of H-pyrrole nitrogens is 1. The molecule has 2 atom stereocenters. The van der Waals surface area contributed by atoms with Gasteiger partial charge in [0.25, 0.3) is 0 Å². The average Bonchev–Trinajstić information content (AvgIpc) is 3.40. The number of nitrogens with one attached hydrogen (secondary N) is 2. The van der Waals surface area contributed by atoms with Gasteiger partial charge >= 0.3 is 6.18 Å². The van der Waals surface area contributed by atoms with Crippen molar-refractivity contribution in [1.82, 2.24) is 15.2 Å². The molecular formula is C28H33F5N4. The van der Waals surface area contributed by atoms with Crippen LogP contribution in [0.4, 0.5) is 27.6 Å². The Kier molecular flexibility index (Phi) is 7.20. The number of para-hydroxylation sites is 1. The third kappa shape index (κ3) is 5.93. The molecule has 3 aromatic rings. The highest BCUT2D eigenvalue weighted by molar-refractivity contribution is 5.84. The maximum atomic E-state index is 13.2. The Morgan fingerprint density at radius 3 is 2.51 bits per heavy atom. The van der Waals surface area contributed by atoms with Gasteiger partial charge in [-0.15, -0.1) is 0 Å². The Hall–Kier alpha value is -2.65. The van der Waals surface area contributed by atoms with E-state index in [0.29, 0.717) is 24.1 Å². The van der Waals surface area contributed by atoms with Gasteiger partial charge in [-0.2, -0.15) is 13.2 Å². The predicted molar refractivity (Wildman–Crippen MR) is 136 cm³/mol. The first-order valence-corrected chi connectivity index (χ1v) is 12.9. The smallest absolute Gasteiger partial charge is 0.371 e. The lowest BCUT2D eigenvalue weighted by Crippen LogP contribution is -2.43. The fraction of sp³-hybridized carbons (Fsp3) is 0.500. The summed E-state index contributed by atoms with van der Waals surface area (Å²) in [4.78, 5) is 6.84. The van der Waals surface area contributed by atoms with Crippen LogP contribution in [0.25, 0.3) is 10.9 Å². The number of anilines is 1. The minimum Gasteiger partial charge on any atom is -0.371 e. The summed E-state index contributed by atoms with van der Waals surface area (Å²) in [6.45, 7) is 5.27. The lowest BCUT2D eigenvalue weighted by atomic mass is 9.80. The zero-order valence-corrected chi connectivity index (χ0v) is 21.0. The molecule has 4 nitrogen and oxygen atoms in total. The van der Waals surface area contributed by atoms with Crippen molar-refractivity contribution in [1.29, 1.82) is 0 Å². The SMILES string of the molecule is CC1Cc2c([nH]c3ccccc23)CN1CC(F)(F)F.Fc1cc(F)cc(N2CCC3(CCCNC3)C2)c1. The number of aromatic nitrogens is 1. The average molecular weight is 521 g/mol. The first-order valence-electron chi connectivity index (χ1n) is 12.9. The van der Waals surface area contributed by atoms with E-state index in [1.165, 1.54) is 35.4 Å². The summed E-state index contributed by atoms with van der Waals surface area (Å²) in [5, 5.41) is 4.57. The molecule has 4 heterocycles. The summed E-state index contributed by atoms with van der Waals surface area (Å²) >= 11 is 0. The molecule has 2 unspecified atom stereocenters. The van der Waals surface area contributed by atoms with Crippen LogP contribution in [0, 0.1) is 17.0 Å². The number of hydrogen-bond donors (Lipinski definition) is 2. The van der Waals surface area contributed by atoms with Crippen LogP contribution in [-0.4, -0.2) is 54.8 Å². The highest BCUT2D eigenvalue weighted by Gasteiger charge is 2.39. The van der Waals surface area contributed by atoms with Crippen molar-refractivity contribution in [2.45, 2.75) is 51.4 Å². The van der Waals surface area contributed by atoms with Crippen molar-refractivity contribution in [2.24, 2.45) is 5.41 Å². The van der Waals surface area contributed by atoms with Crippen LogP contribution in [0.2, 0.25) is 0 Å². The van der Waals surface area contributed by atoms with Gasteiger partial charge in [-0.1, -0.05) is 18.2 Å². The molecule has 2 aromatic carbocycles. The monoisotopic (exact) mass is 520 g/mol. The Morgan fingerprint density at radius 1 is 1.05 bits per heavy atom. The highest BCUT2D eigenvalue weighted by atomic mass is 19.4. The van der Waals surface area contributed by atoms with E-state index in [-0.39, 0.29) is 6.04 Å². The van der Waals surface area contributed by atoms with Gasteiger partial charge in [0.2, 0.25) is 0 Å². The third-order valence-electron chi connectivity index (χ3n) is 7.98. The zero-order chi connectivity index (χ0) is 26.2. The van der Waals surface area contributed by atoms with E-state index in [9.17, 15) is 22.0 Å². The number of fused-ring (bicyclic) bond motifs is 3. The van der Waals surface area contributed by atoms with Crippen molar-refractivity contribution < 1.29 is 22.0 Å². The fourth-order valence-corrected chi connectivity index (χ4v) is 6.11. The largest absolute Gasteiger partial charge is 0.401 e. The molecule has 0 bridgehead atoms. The Morgan fingerprint density at radius 2 is 1.81 bits per heavy atom. The minimum absolute atomic E-state index is 0.0895. The van der Waals surface area contributed by atoms with Crippen molar-refractivity contribution in [2.75, 3.05) is 37.6 Å². The predicted octanol–water partition coefficient (Wildman–Crippen LogP) is 6.02. The van der Waals surface area contributed by atoms with E-state index in [4.69, 9.17) is 0 Å². The van der Waals surface area contributed by atoms with E-state index >= 15 is 0 Å². The topological polar surface area (TPSA) is 34.3 Å². The molecule has 2 fully saturated rings. The molecule has 1 spiro atoms. The summed E-state index contributed by atoms with van der Waals surface area (Å²) in [7, 11) is 0. The van der Waals surface area contributed by atoms with Crippen LogP contribution in [0.15, 0.2) is 42.5 Å². The highest BCUT2D eigenvalue weighted by Crippen LogP contribution is 2.38. The summed E-state index contributed by atoms with van der Waals surface area (Å²) in [6, 6.07) is 11.6. The van der Waals surface area contributed by atoms with Gasteiger partial charge in [0, 0.05) is 66.0 Å². The number of nitrogens with zero attached hydrogens (tertiary/aromatic N) is 2. The maximum Gasteiger partial charge on any atom is 0.401 e. The van der Waals surface area contributed by atoms with Crippen molar-refractivity contribution in [3.05, 3.63) is 65.4 Å². The van der Waals surface area contributed by atoms with E-state index in [0.717, 1.165) is 55.3 Å². The molecule has 3 aliphatic rings. The first kappa shape index (κ1) is 26.0. The number of alkyl halides is 3. The number of hydrogen-bond acceptors (Lipinski definition) is 3. The Labute approximate surface area is 213 Å². The molecule has 0 radical (unpaired) electrons. The molecule has 200 valence electrons. The first-order chi connectivity index (χ1) is 17.6. The lowest BCUT2D eigenvalue weighted by molar-refractivity contribution is -0.152. The molecule has 9 heteroatoms. The second-order valence-electron chi connectivity index (χ2n) is 10.8. The third-order valence-corrected chi connectivity index (χ3v) is 7.98. The minimum atomic E-state index is -4.14. The molecule has 0 saturated carbocycles. The molecule has 3 aliphatic heterocycles. The molecule has 0 aliphatic carbocycles. The van der Waals surface area contributed by atoms with Gasteiger partial charge in [-0.3, -0.25) is 4.90 Å². The van der Waals surface area contributed by atoms with Gasteiger partial charge in [0.1, 0.15) is 11.6 Å². The van der Waals surface area contributed by atoms with Crippen molar-refractivity contribution in [3.8, 4) is 0 Å². The molecule has 6 rings (SSSR count). The summed E-state index contributed by atoms with van der Waals surface area (Å²) < 4.78 is 64.1. The molecule has 2 N–H and O–H groups in total. The van der Waals surface area contributed by atoms with E-state index < -0.39 is 24.4 Å². The van der Waals surface area contributed by atoms with Crippen LogP contribution < -0.4 is 10.2 Å². The van der Waals surface area contributed by atoms with Crippen LogP contribution >= 0.6 is 0 Å². The van der Waals surface area contributed by atoms with Gasteiger partial charge < -0.3 is 15.2 Å². The van der Waals surface area contributed by atoms with Crippen LogP contribution in [0.3, 0.4) is 0 Å². The van der Waals surface area contributed by atoms with E-state index in [2.05, 4.69) is 15.2 Å². The molecule has 1 aromatic heterocycles. The second-order valence-corrected chi connectivity index (χ2v) is 10.8. The second kappa shape index (κ2) is 10.3. The van der Waals surface area contributed by atoms with Crippen LogP contribution in [0.5, 0.6) is 0 Å². The number of aromatic amines is 1. The quantitative estimate of drug-likeness (QED) is 0.406. The number of halogens is 5. The van der Waals surface area contributed by atoms with Crippen molar-refractivity contribution in [3.63, 3.8) is 0 Å². The molecule has 2 saturated heterocycles. The molecule has 37 heavy (non-hydrogen) atoms. The van der Waals surface area contributed by atoms with E-state index in [1.54, 1.807) is 0 Å². The van der Waals surface area contributed by atoms with Gasteiger partial charge in [-0.25, -0.2) is 8.78 Å². The Balaban J connectivity index is 0.000000152. The molecular weight excluding hydrogens is 487 g/mol. The lowest BCUT2D eigenvalue weighted by Gasteiger charge is -2.34. The zero-order valence-electron chi connectivity index (χ0n) is 21.0. The standard InChI is InChI=1S/C14H15F3N2.C14H18F2N2/c1-9-6-11-10-4-2-3-5-12(10)18-13(11)7-19(9)8-14(15,16)17;15-11-6-12(16)8-13(7-11)18-5-3-14(10-18)2-1-4-17-9-14/h2-5,9,18H,6-8H2,1H3;6-8,17H,1-5,9-10H2. The number of rotatable bonds is 2. The summed E-state index contributed by atoms with van der Waals surface area (Å²) in [6.07, 6.45) is 0.0466. The Bertz CT molecular complexity index is 1210. The normalized spacial score (nSPS) is 24.3. The fourth-order valence-electron chi connectivity index (χ4n) is 6.11. The van der Waals surface area contributed by atoms with E-state index in [1.807, 2.05) is 31.2 Å². The van der Waals surface area contributed by atoms with Gasteiger partial charge in [0.05, 0.1) is 6.54 Å². The van der Waals surface area contributed by atoms with Crippen molar-refractivity contribution >= 4 is 16.6 Å². The maximum absolute atomic E-state index is 13.2. The van der Waals surface area contributed by atoms with Gasteiger partial charge in [-0.05, 0) is 62.9 Å². The summed E-state index contributed by atoms with van der Waals surface area (Å²) in [5.74, 6) is -0.986. The van der Waals surface area contributed by atoms with Gasteiger partial charge in [0.15, 0.2) is 0 Å².